The van der Waals surface area contributed by atoms with Gasteiger partial charge < -0.3 is 5.32 Å². The van der Waals surface area contributed by atoms with Crippen LogP contribution in [0.25, 0.3) is 22.5 Å². The molecule has 4 aromatic rings. The first kappa shape index (κ1) is 25.8. The molecule has 3 heteroatoms. The molecule has 0 aliphatic heterocycles. The number of H-pyrrole nitrogens is 1. The molecule has 5 rings (SSSR count). The monoisotopic (exact) mass is 479 g/mol. The first-order valence-electron chi connectivity index (χ1n) is 13.6. The van der Waals surface area contributed by atoms with Gasteiger partial charge in [-0.1, -0.05) is 126 Å². The number of rotatable bonds is 6. The third kappa shape index (κ3) is 6.66. The summed E-state index contributed by atoms with van der Waals surface area (Å²) in [5.74, 6) is 1.18. The Kier molecular flexibility index (Phi) is 9.00. The van der Waals surface area contributed by atoms with E-state index in [1.165, 1.54) is 48.9 Å². The molecular formula is C33H41N3. The van der Waals surface area contributed by atoms with Crippen molar-refractivity contribution in [3.8, 4) is 22.5 Å². The second kappa shape index (κ2) is 12.6. The van der Waals surface area contributed by atoms with Crippen LogP contribution in [0.2, 0.25) is 0 Å². The van der Waals surface area contributed by atoms with Gasteiger partial charge in [0, 0.05) is 17.3 Å². The normalized spacial score (nSPS) is 13.9. The van der Waals surface area contributed by atoms with E-state index in [9.17, 15) is 0 Å². The van der Waals surface area contributed by atoms with Crippen LogP contribution < -0.4 is 5.32 Å². The van der Waals surface area contributed by atoms with Gasteiger partial charge in [-0.3, -0.25) is 5.10 Å². The minimum absolute atomic E-state index is 0.588. The van der Waals surface area contributed by atoms with Crippen LogP contribution in [0.3, 0.4) is 0 Å². The second-order valence-corrected chi connectivity index (χ2v) is 10.5. The quantitative estimate of drug-likeness (QED) is 0.289. The number of benzene rings is 3. The number of nitrogens with zero attached hydrogens (tertiary/aromatic N) is 1. The zero-order valence-corrected chi connectivity index (χ0v) is 22.3. The second-order valence-electron chi connectivity index (χ2n) is 10.5. The predicted molar refractivity (Wildman–Crippen MR) is 155 cm³/mol. The average Bonchev–Trinajstić information content (AvgIpc) is 3.41. The van der Waals surface area contributed by atoms with Gasteiger partial charge in [-0.2, -0.15) is 5.10 Å². The maximum absolute atomic E-state index is 4.34. The Labute approximate surface area is 217 Å². The molecule has 36 heavy (non-hydrogen) atoms. The fourth-order valence-corrected chi connectivity index (χ4v) is 5.01. The Morgan fingerprint density at radius 2 is 1.25 bits per heavy atom. The molecule has 3 nitrogen and oxygen atoms in total. The number of para-hydroxylation sites is 1. The van der Waals surface area contributed by atoms with E-state index in [2.05, 4.69) is 91.7 Å². The minimum atomic E-state index is 0.588. The maximum atomic E-state index is 4.34. The van der Waals surface area contributed by atoms with Crippen molar-refractivity contribution in [3.63, 3.8) is 0 Å². The third-order valence-electron chi connectivity index (χ3n) is 7.06. The molecule has 1 heterocycles. The van der Waals surface area contributed by atoms with Gasteiger partial charge in [-0.15, -0.1) is 0 Å². The highest BCUT2D eigenvalue weighted by Crippen LogP contribution is 2.34. The summed E-state index contributed by atoms with van der Waals surface area (Å²) in [6.07, 6.45) is 6.87. The molecule has 0 unspecified atom stereocenters. The van der Waals surface area contributed by atoms with E-state index in [0.717, 1.165) is 22.5 Å². The number of aromatic amines is 1. The standard InChI is InChI=1S/C18H29N.C15H12N2/c1-13(2)16-11-8-12-17(14(3)4)18(16)19-15-9-6-5-7-10-15;1-3-7-12(8-4-1)14-11-15(17-16-14)13-9-5-2-6-10-13/h8,11-15,19H,5-7,9-10H2,1-4H3;1-11H,(H,16,17). The molecule has 0 bridgehead atoms. The number of hydrogen-bond donors (Lipinski definition) is 2. The van der Waals surface area contributed by atoms with Gasteiger partial charge in [0.1, 0.15) is 0 Å². The topological polar surface area (TPSA) is 40.7 Å². The van der Waals surface area contributed by atoms with Crippen molar-refractivity contribution in [1.82, 2.24) is 10.2 Å². The van der Waals surface area contributed by atoms with E-state index < -0.39 is 0 Å². The van der Waals surface area contributed by atoms with Crippen molar-refractivity contribution in [3.05, 3.63) is 96.1 Å². The Hall–Kier alpha value is -3.33. The van der Waals surface area contributed by atoms with Gasteiger partial charge in [0.15, 0.2) is 0 Å². The SMILES string of the molecule is CC(C)c1cccc(C(C)C)c1NC1CCCCC1.c1ccc(-c2cc(-c3ccccc3)[nH]n2)cc1. The largest absolute Gasteiger partial charge is 0.382 e. The van der Waals surface area contributed by atoms with Crippen molar-refractivity contribution in [2.75, 3.05) is 5.32 Å². The highest BCUT2D eigenvalue weighted by molar-refractivity contribution is 5.68. The molecule has 1 aromatic heterocycles. The van der Waals surface area contributed by atoms with Crippen LogP contribution in [0.1, 0.15) is 82.8 Å². The maximum Gasteiger partial charge on any atom is 0.0927 e. The molecule has 3 aromatic carbocycles. The minimum Gasteiger partial charge on any atom is -0.382 e. The summed E-state index contributed by atoms with van der Waals surface area (Å²) in [6.45, 7) is 9.19. The molecule has 1 saturated carbocycles. The summed E-state index contributed by atoms with van der Waals surface area (Å²) in [7, 11) is 0. The van der Waals surface area contributed by atoms with Crippen LogP contribution in [0.5, 0.6) is 0 Å². The molecular weight excluding hydrogens is 438 g/mol. The fraction of sp³-hybridized carbons (Fsp3) is 0.364. The van der Waals surface area contributed by atoms with E-state index in [4.69, 9.17) is 0 Å². The molecule has 2 N–H and O–H groups in total. The van der Waals surface area contributed by atoms with Crippen LogP contribution in [0.15, 0.2) is 84.9 Å². The van der Waals surface area contributed by atoms with Gasteiger partial charge in [0.25, 0.3) is 0 Å². The summed E-state index contributed by atoms with van der Waals surface area (Å²) in [6, 6.07) is 29.9. The summed E-state index contributed by atoms with van der Waals surface area (Å²) >= 11 is 0. The molecule has 1 fully saturated rings. The lowest BCUT2D eigenvalue weighted by molar-refractivity contribution is 0.462. The smallest absolute Gasteiger partial charge is 0.0927 e. The highest BCUT2D eigenvalue weighted by atomic mass is 15.1. The molecule has 1 aliphatic rings. The molecule has 0 amide bonds. The van der Waals surface area contributed by atoms with Crippen LogP contribution in [0.4, 0.5) is 5.69 Å². The molecule has 0 saturated heterocycles. The lowest BCUT2D eigenvalue weighted by Gasteiger charge is -2.28. The first-order chi connectivity index (χ1) is 17.5. The Morgan fingerprint density at radius 3 is 1.81 bits per heavy atom. The van der Waals surface area contributed by atoms with Gasteiger partial charge in [0.05, 0.1) is 11.4 Å². The number of nitrogens with one attached hydrogen (secondary N) is 2. The van der Waals surface area contributed by atoms with E-state index in [-0.39, 0.29) is 0 Å². The lowest BCUT2D eigenvalue weighted by atomic mass is 9.90. The van der Waals surface area contributed by atoms with E-state index in [1.54, 1.807) is 0 Å². The molecule has 188 valence electrons. The summed E-state index contributed by atoms with van der Waals surface area (Å²) in [5.41, 5.74) is 8.70. The van der Waals surface area contributed by atoms with Crippen molar-refractivity contribution in [2.24, 2.45) is 0 Å². The third-order valence-corrected chi connectivity index (χ3v) is 7.06. The van der Waals surface area contributed by atoms with Gasteiger partial charge in [0.2, 0.25) is 0 Å². The van der Waals surface area contributed by atoms with Gasteiger partial charge in [-0.25, -0.2) is 0 Å². The predicted octanol–water partition coefficient (Wildman–Crippen LogP) is 9.42. The zero-order valence-electron chi connectivity index (χ0n) is 22.3. The summed E-state index contributed by atoms with van der Waals surface area (Å²) in [5, 5.41) is 11.3. The Bertz CT molecular complexity index is 1110. The summed E-state index contributed by atoms with van der Waals surface area (Å²) < 4.78 is 0. The molecule has 0 radical (unpaired) electrons. The lowest BCUT2D eigenvalue weighted by Crippen LogP contribution is -2.24. The summed E-state index contributed by atoms with van der Waals surface area (Å²) in [4.78, 5) is 0. The van der Waals surface area contributed by atoms with E-state index in [1.807, 2.05) is 36.4 Å². The number of hydrogen-bond acceptors (Lipinski definition) is 2. The number of aromatic nitrogens is 2. The first-order valence-corrected chi connectivity index (χ1v) is 13.6. The highest BCUT2D eigenvalue weighted by Gasteiger charge is 2.18. The molecule has 1 aliphatic carbocycles. The zero-order chi connectivity index (χ0) is 25.3. The van der Waals surface area contributed by atoms with Crippen LogP contribution in [-0.4, -0.2) is 16.2 Å². The van der Waals surface area contributed by atoms with Crippen molar-refractivity contribution in [2.45, 2.75) is 77.7 Å². The Balaban J connectivity index is 0.000000170. The fourth-order valence-electron chi connectivity index (χ4n) is 5.01. The van der Waals surface area contributed by atoms with Crippen molar-refractivity contribution >= 4 is 5.69 Å². The van der Waals surface area contributed by atoms with Gasteiger partial charge >= 0.3 is 0 Å². The van der Waals surface area contributed by atoms with Crippen molar-refractivity contribution < 1.29 is 0 Å². The van der Waals surface area contributed by atoms with E-state index in [0.29, 0.717) is 17.9 Å². The van der Waals surface area contributed by atoms with Crippen LogP contribution in [0, 0.1) is 0 Å². The van der Waals surface area contributed by atoms with Crippen LogP contribution in [-0.2, 0) is 0 Å². The average molecular weight is 480 g/mol. The molecule has 0 spiro atoms. The number of anilines is 1. The molecule has 0 atom stereocenters. The van der Waals surface area contributed by atoms with Gasteiger partial charge in [-0.05, 0) is 47.4 Å². The van der Waals surface area contributed by atoms with Crippen LogP contribution >= 0.6 is 0 Å². The Morgan fingerprint density at radius 1 is 0.694 bits per heavy atom. The van der Waals surface area contributed by atoms with Crippen molar-refractivity contribution in [1.29, 1.82) is 0 Å². The van der Waals surface area contributed by atoms with E-state index >= 15 is 0 Å².